The molecule has 4 heteroatoms. The van der Waals surface area contributed by atoms with Gasteiger partial charge in [0.25, 0.3) is 0 Å². The van der Waals surface area contributed by atoms with E-state index in [-0.39, 0.29) is 5.97 Å². The van der Waals surface area contributed by atoms with Crippen LogP contribution in [0.4, 0.5) is 11.4 Å². The van der Waals surface area contributed by atoms with Crippen molar-refractivity contribution in [2.24, 2.45) is 5.92 Å². The molecule has 0 aromatic heterocycles. The number of nitrogen functional groups attached to an aromatic ring is 1. The minimum absolute atomic E-state index is 0.381. The summed E-state index contributed by atoms with van der Waals surface area (Å²) in [5, 5.41) is 3.57. The molecule has 2 unspecified atom stereocenters. The summed E-state index contributed by atoms with van der Waals surface area (Å²) in [6, 6.07) is 4.29. The van der Waals surface area contributed by atoms with Gasteiger partial charge in [0.1, 0.15) is 0 Å². The monoisotopic (exact) mass is 290 g/mol. The van der Waals surface area contributed by atoms with Gasteiger partial charge in [-0.3, -0.25) is 0 Å². The lowest BCUT2D eigenvalue weighted by atomic mass is 10.0. The highest BCUT2D eigenvalue weighted by Crippen LogP contribution is 2.28. The van der Waals surface area contributed by atoms with Gasteiger partial charge in [0.15, 0.2) is 0 Å². The van der Waals surface area contributed by atoms with Gasteiger partial charge in [0, 0.05) is 17.4 Å². The van der Waals surface area contributed by atoms with E-state index in [0.717, 1.165) is 17.2 Å². The highest BCUT2D eigenvalue weighted by atomic mass is 16.5. The number of methoxy groups -OCH3 is 1. The molecule has 0 saturated heterocycles. The van der Waals surface area contributed by atoms with E-state index in [1.807, 2.05) is 19.1 Å². The van der Waals surface area contributed by atoms with E-state index in [1.54, 1.807) is 0 Å². The summed E-state index contributed by atoms with van der Waals surface area (Å²) in [6.45, 7) is 4.24. The second kappa shape index (κ2) is 6.83. The van der Waals surface area contributed by atoms with Crippen molar-refractivity contribution < 1.29 is 9.53 Å². The lowest BCUT2D eigenvalue weighted by Crippen LogP contribution is -2.19. The van der Waals surface area contributed by atoms with Crippen LogP contribution >= 0.6 is 0 Å². The van der Waals surface area contributed by atoms with Crippen LogP contribution < -0.4 is 11.1 Å². The molecule has 0 bridgehead atoms. The number of carbonyl (C=O) groups excluding carboxylic acids is 1. The van der Waals surface area contributed by atoms with Gasteiger partial charge in [0.2, 0.25) is 0 Å². The molecule has 116 valence electrons. The first-order chi connectivity index (χ1) is 10.0. The average molecular weight is 290 g/mol. The molecule has 0 heterocycles. The lowest BCUT2D eigenvalue weighted by molar-refractivity contribution is 0.0602. The van der Waals surface area contributed by atoms with Crippen molar-refractivity contribution in [2.75, 3.05) is 18.2 Å². The molecule has 1 aliphatic rings. The molecule has 1 saturated carbocycles. The number of anilines is 2. The zero-order chi connectivity index (χ0) is 15.4. The van der Waals surface area contributed by atoms with E-state index in [9.17, 15) is 4.79 Å². The third-order valence-corrected chi connectivity index (χ3v) is 4.42. The Labute approximate surface area is 127 Å². The molecule has 0 spiro atoms. The van der Waals surface area contributed by atoms with Gasteiger partial charge in [-0.1, -0.05) is 19.8 Å². The van der Waals surface area contributed by atoms with E-state index in [2.05, 4.69) is 12.2 Å². The van der Waals surface area contributed by atoms with Gasteiger partial charge in [0.05, 0.1) is 12.7 Å². The Bertz CT molecular complexity index is 514. The first kappa shape index (κ1) is 15.7. The first-order valence-electron chi connectivity index (χ1n) is 7.76. The zero-order valence-corrected chi connectivity index (χ0v) is 13.2. The Kier molecular flexibility index (Phi) is 5.10. The first-order valence-corrected chi connectivity index (χ1v) is 7.76. The summed E-state index contributed by atoms with van der Waals surface area (Å²) in [5.74, 6) is 0.435. The summed E-state index contributed by atoms with van der Waals surface area (Å²) in [5.41, 5.74) is 8.79. The standard InChI is InChI=1S/C17H26N2O2/c1-11-5-4-6-13(8-7-11)19-14-9-12(2)16(18)15(10-14)17(20)21-3/h9-11,13,19H,4-8,18H2,1-3H3. The number of ether oxygens (including phenoxy) is 1. The second-order valence-corrected chi connectivity index (χ2v) is 6.20. The lowest BCUT2D eigenvalue weighted by Gasteiger charge is -2.19. The van der Waals surface area contributed by atoms with Gasteiger partial charge in [-0.25, -0.2) is 4.79 Å². The maximum absolute atomic E-state index is 11.8. The number of carbonyl (C=O) groups is 1. The molecular weight excluding hydrogens is 264 g/mol. The normalized spacial score (nSPS) is 22.4. The molecule has 0 aliphatic heterocycles. The Morgan fingerprint density at radius 1 is 1.29 bits per heavy atom. The molecule has 3 N–H and O–H groups in total. The van der Waals surface area contributed by atoms with Crippen molar-refractivity contribution in [3.63, 3.8) is 0 Å². The van der Waals surface area contributed by atoms with Crippen LogP contribution in [0, 0.1) is 12.8 Å². The number of hydrogen-bond acceptors (Lipinski definition) is 4. The van der Waals surface area contributed by atoms with Crippen LogP contribution in [0.3, 0.4) is 0 Å². The highest BCUT2D eigenvalue weighted by Gasteiger charge is 2.18. The number of hydrogen-bond donors (Lipinski definition) is 2. The van der Waals surface area contributed by atoms with Gasteiger partial charge in [-0.15, -0.1) is 0 Å². The van der Waals surface area contributed by atoms with Crippen LogP contribution in [-0.4, -0.2) is 19.1 Å². The Hall–Kier alpha value is -1.71. The molecule has 4 nitrogen and oxygen atoms in total. The van der Waals surface area contributed by atoms with E-state index >= 15 is 0 Å². The number of benzene rings is 1. The van der Waals surface area contributed by atoms with Crippen molar-refractivity contribution in [3.05, 3.63) is 23.3 Å². The fourth-order valence-corrected chi connectivity index (χ4v) is 3.03. The summed E-state index contributed by atoms with van der Waals surface area (Å²) in [7, 11) is 1.38. The van der Waals surface area contributed by atoms with Crippen LogP contribution in [0.15, 0.2) is 12.1 Å². The van der Waals surface area contributed by atoms with Crippen LogP contribution in [0.25, 0.3) is 0 Å². The number of nitrogens with one attached hydrogen (secondary N) is 1. The minimum atomic E-state index is -0.381. The van der Waals surface area contributed by atoms with Gasteiger partial charge in [-0.2, -0.15) is 0 Å². The molecule has 0 amide bonds. The predicted octanol–water partition coefficient (Wildman–Crippen LogP) is 3.74. The maximum Gasteiger partial charge on any atom is 0.340 e. The maximum atomic E-state index is 11.8. The largest absolute Gasteiger partial charge is 0.465 e. The van der Waals surface area contributed by atoms with E-state index in [4.69, 9.17) is 10.5 Å². The van der Waals surface area contributed by atoms with Crippen molar-refractivity contribution in [1.29, 1.82) is 0 Å². The molecule has 1 aromatic rings. The van der Waals surface area contributed by atoms with Gasteiger partial charge in [-0.05, 0) is 49.8 Å². The van der Waals surface area contributed by atoms with Crippen molar-refractivity contribution >= 4 is 17.3 Å². The average Bonchev–Trinajstić information content (AvgIpc) is 2.66. The minimum Gasteiger partial charge on any atom is -0.465 e. The van der Waals surface area contributed by atoms with Crippen LogP contribution in [0.1, 0.15) is 54.9 Å². The van der Waals surface area contributed by atoms with E-state index in [1.165, 1.54) is 39.2 Å². The second-order valence-electron chi connectivity index (χ2n) is 6.20. The summed E-state index contributed by atoms with van der Waals surface area (Å²) >= 11 is 0. The van der Waals surface area contributed by atoms with E-state index in [0.29, 0.717) is 17.3 Å². The highest BCUT2D eigenvalue weighted by molar-refractivity contribution is 5.97. The van der Waals surface area contributed by atoms with Crippen molar-refractivity contribution in [1.82, 2.24) is 0 Å². The smallest absolute Gasteiger partial charge is 0.340 e. The third kappa shape index (κ3) is 3.90. The topological polar surface area (TPSA) is 64.3 Å². The molecule has 2 atom stereocenters. The Morgan fingerprint density at radius 2 is 2.05 bits per heavy atom. The summed E-state index contributed by atoms with van der Waals surface area (Å²) < 4.78 is 4.80. The Balaban J connectivity index is 2.16. The van der Waals surface area contributed by atoms with Gasteiger partial charge >= 0.3 is 5.97 Å². The molecule has 1 fully saturated rings. The summed E-state index contributed by atoms with van der Waals surface area (Å²) in [4.78, 5) is 11.8. The fraction of sp³-hybridized carbons (Fsp3) is 0.588. The number of nitrogens with two attached hydrogens (primary N) is 1. The third-order valence-electron chi connectivity index (χ3n) is 4.42. The number of aryl methyl sites for hydroxylation is 1. The molecule has 2 rings (SSSR count). The molecule has 21 heavy (non-hydrogen) atoms. The SMILES string of the molecule is COC(=O)c1cc(NC2CCCC(C)CC2)cc(C)c1N. The van der Waals surface area contributed by atoms with Crippen LogP contribution in [0.2, 0.25) is 0 Å². The quantitative estimate of drug-likeness (QED) is 0.505. The molecule has 0 radical (unpaired) electrons. The molecular formula is C17H26N2O2. The van der Waals surface area contributed by atoms with Crippen molar-refractivity contribution in [3.8, 4) is 0 Å². The van der Waals surface area contributed by atoms with E-state index < -0.39 is 0 Å². The van der Waals surface area contributed by atoms with Gasteiger partial charge < -0.3 is 15.8 Å². The Morgan fingerprint density at radius 3 is 2.76 bits per heavy atom. The summed E-state index contributed by atoms with van der Waals surface area (Å²) in [6.07, 6.45) is 6.19. The van der Waals surface area contributed by atoms with Crippen LogP contribution in [-0.2, 0) is 4.74 Å². The van der Waals surface area contributed by atoms with Crippen molar-refractivity contribution in [2.45, 2.75) is 52.0 Å². The number of esters is 1. The number of rotatable bonds is 3. The fourth-order valence-electron chi connectivity index (χ4n) is 3.03. The molecule has 1 aliphatic carbocycles. The van der Waals surface area contributed by atoms with Crippen LogP contribution in [0.5, 0.6) is 0 Å². The molecule has 1 aromatic carbocycles. The predicted molar refractivity (Wildman–Crippen MR) is 86.6 cm³/mol. The zero-order valence-electron chi connectivity index (χ0n) is 13.2.